The maximum absolute atomic E-state index is 14.0. The number of hydrogen-bond donors (Lipinski definition) is 1. The van der Waals surface area contributed by atoms with E-state index in [1.807, 2.05) is 0 Å². The summed E-state index contributed by atoms with van der Waals surface area (Å²) in [5.41, 5.74) is -0.00863. The molecule has 0 bridgehead atoms. The average Bonchev–Trinajstić information content (AvgIpc) is 3.40. The minimum absolute atomic E-state index is 0.0308. The molecule has 7 nitrogen and oxygen atoms in total. The van der Waals surface area contributed by atoms with Crippen LogP contribution in [0.15, 0.2) is 42.5 Å². The Bertz CT molecular complexity index is 1360. The largest absolute Gasteiger partial charge is 0.476 e. The molecular weight excluding hydrogens is 540 g/mol. The van der Waals surface area contributed by atoms with Gasteiger partial charge in [-0.1, -0.05) is 17.7 Å². The van der Waals surface area contributed by atoms with E-state index in [1.54, 1.807) is 6.07 Å². The van der Waals surface area contributed by atoms with Gasteiger partial charge in [0.25, 0.3) is 5.91 Å². The molecule has 14 heteroatoms. The third-order valence-corrected chi connectivity index (χ3v) is 6.09. The molecule has 0 radical (unpaired) electrons. The molecule has 204 valence electrons. The van der Waals surface area contributed by atoms with Crippen molar-refractivity contribution in [3.05, 3.63) is 58.6 Å². The molecule has 1 aliphatic rings. The monoisotopic (exact) mass is 561 g/mol. The van der Waals surface area contributed by atoms with Gasteiger partial charge in [0.1, 0.15) is 0 Å². The van der Waals surface area contributed by atoms with Gasteiger partial charge in [-0.05, 0) is 43.4 Å². The summed E-state index contributed by atoms with van der Waals surface area (Å²) < 4.78 is 86.4. The van der Waals surface area contributed by atoms with Crippen molar-refractivity contribution in [1.29, 1.82) is 0 Å². The van der Waals surface area contributed by atoms with Gasteiger partial charge in [-0.3, -0.25) is 4.79 Å². The minimum atomic E-state index is -4.87. The second kappa shape index (κ2) is 11.1. The fraction of sp³-hybridized carbons (Fsp3) is 0.375. The first-order chi connectivity index (χ1) is 18.0. The Morgan fingerprint density at radius 1 is 1.18 bits per heavy atom. The number of nitrogens with one attached hydrogen (secondary N) is 1. The summed E-state index contributed by atoms with van der Waals surface area (Å²) in [5, 5.41) is 11.0. The van der Waals surface area contributed by atoms with E-state index in [0.717, 1.165) is 22.2 Å². The van der Waals surface area contributed by atoms with Gasteiger partial charge in [0.15, 0.2) is 17.2 Å². The second-order valence-electron chi connectivity index (χ2n) is 8.71. The maximum atomic E-state index is 14.0. The number of amides is 1. The lowest BCUT2D eigenvalue weighted by atomic mass is 10.1. The van der Waals surface area contributed by atoms with E-state index in [-0.39, 0.29) is 42.0 Å². The van der Waals surface area contributed by atoms with E-state index in [1.165, 1.54) is 31.6 Å². The fourth-order valence-electron chi connectivity index (χ4n) is 3.71. The predicted octanol–water partition coefficient (Wildman–Crippen LogP) is 6.46. The molecule has 38 heavy (non-hydrogen) atoms. The molecule has 1 fully saturated rings. The molecule has 2 heterocycles. The summed E-state index contributed by atoms with van der Waals surface area (Å²) in [6.45, 7) is -0.290. The van der Waals surface area contributed by atoms with E-state index < -0.39 is 41.8 Å². The third kappa shape index (κ3) is 6.32. The maximum Gasteiger partial charge on any atom is 0.425 e. The Morgan fingerprint density at radius 2 is 1.92 bits per heavy atom. The summed E-state index contributed by atoms with van der Waals surface area (Å²) in [6.07, 6.45) is -3.38. The first kappa shape index (κ1) is 27.6. The molecule has 0 atom stereocenters. The average molecular weight is 562 g/mol. The van der Waals surface area contributed by atoms with Crippen molar-refractivity contribution in [2.24, 2.45) is 7.05 Å². The van der Waals surface area contributed by atoms with Crippen LogP contribution in [0.25, 0.3) is 16.9 Å². The van der Waals surface area contributed by atoms with Gasteiger partial charge in [-0.25, -0.2) is 13.8 Å². The van der Waals surface area contributed by atoms with E-state index in [0.29, 0.717) is 11.1 Å². The van der Waals surface area contributed by atoms with Crippen LogP contribution in [-0.2, 0) is 13.2 Å². The Kier molecular flexibility index (Phi) is 8.05. The predicted molar refractivity (Wildman–Crippen MR) is 126 cm³/mol. The number of aromatic nitrogens is 4. The molecule has 0 saturated heterocycles. The Hall–Kier alpha value is -3.48. The molecule has 1 aliphatic carbocycles. The summed E-state index contributed by atoms with van der Waals surface area (Å²) in [5.74, 6) is -3.04. The van der Waals surface area contributed by atoms with Crippen LogP contribution in [0.4, 0.5) is 26.3 Å². The summed E-state index contributed by atoms with van der Waals surface area (Å²) in [7, 11) is 1.28. The van der Waals surface area contributed by atoms with Gasteiger partial charge in [-0.2, -0.15) is 27.1 Å². The summed E-state index contributed by atoms with van der Waals surface area (Å²) in [6, 6.07) is 4.79. The molecule has 0 aliphatic heterocycles. The van der Waals surface area contributed by atoms with Crippen molar-refractivity contribution in [1.82, 2.24) is 24.9 Å². The molecule has 1 N–H and O–H groups in total. The zero-order chi connectivity index (χ0) is 27.6. The van der Waals surface area contributed by atoms with Crippen LogP contribution in [0.3, 0.4) is 0 Å². The first-order valence-corrected chi connectivity index (χ1v) is 12.0. The van der Waals surface area contributed by atoms with E-state index in [2.05, 4.69) is 15.5 Å². The highest BCUT2D eigenvalue weighted by Crippen LogP contribution is 2.40. The molecule has 0 unspecified atom stereocenters. The highest BCUT2D eigenvalue weighted by Gasteiger charge is 2.42. The smallest absolute Gasteiger partial charge is 0.425 e. The van der Waals surface area contributed by atoms with Crippen molar-refractivity contribution < 1.29 is 35.9 Å². The number of allylic oxidation sites excluding steroid dienone is 1. The lowest BCUT2D eigenvalue weighted by Crippen LogP contribution is -2.25. The van der Waals surface area contributed by atoms with Crippen molar-refractivity contribution in [3.63, 3.8) is 0 Å². The number of benzene rings is 1. The summed E-state index contributed by atoms with van der Waals surface area (Å²) >= 11 is 6.18. The number of alkyl halides is 3. The highest BCUT2D eigenvalue weighted by molar-refractivity contribution is 6.34. The van der Waals surface area contributed by atoms with Crippen LogP contribution in [0, 0.1) is 0 Å². The van der Waals surface area contributed by atoms with Crippen molar-refractivity contribution in [2.45, 2.75) is 44.3 Å². The van der Waals surface area contributed by atoms with E-state index in [9.17, 15) is 31.1 Å². The van der Waals surface area contributed by atoms with Gasteiger partial charge in [0, 0.05) is 31.3 Å². The van der Waals surface area contributed by atoms with Crippen LogP contribution in [0.5, 0.6) is 5.88 Å². The Labute approximate surface area is 218 Å². The van der Waals surface area contributed by atoms with Crippen LogP contribution in [-0.4, -0.2) is 38.1 Å². The zero-order valence-electron chi connectivity index (χ0n) is 20.0. The number of rotatable bonds is 10. The van der Waals surface area contributed by atoms with Crippen LogP contribution in [0.2, 0.25) is 5.02 Å². The van der Waals surface area contributed by atoms with Crippen molar-refractivity contribution in [3.8, 4) is 22.8 Å². The standard InChI is InChI=1S/C24H22ClF6N5O2/c1-35-23(19(24(29,30)31)22(34-35)38-9-3-2-4-18(26)20(27)28)36-12-14(11-32-36)13-5-8-17(25)16(10-13)21(37)33-15-6-7-15/h5,8,10-12,15H,2-4,6-7,9H2,1H3,(H,33,37). The molecule has 1 amide bonds. The van der Waals surface area contributed by atoms with E-state index in [4.69, 9.17) is 16.3 Å². The van der Waals surface area contributed by atoms with Crippen LogP contribution >= 0.6 is 11.6 Å². The van der Waals surface area contributed by atoms with Gasteiger partial charge in [-0.15, -0.1) is 5.10 Å². The number of carbonyl (C=O) groups is 1. The van der Waals surface area contributed by atoms with Crippen molar-refractivity contribution >= 4 is 17.5 Å². The number of unbranched alkanes of at least 4 members (excludes halogenated alkanes) is 1. The molecule has 3 aromatic rings. The molecule has 1 aromatic carbocycles. The van der Waals surface area contributed by atoms with Crippen LogP contribution < -0.4 is 10.1 Å². The highest BCUT2D eigenvalue weighted by atomic mass is 35.5. The lowest BCUT2D eigenvalue weighted by molar-refractivity contribution is -0.138. The number of hydrogen-bond acceptors (Lipinski definition) is 4. The van der Waals surface area contributed by atoms with Crippen molar-refractivity contribution in [2.75, 3.05) is 6.61 Å². The molecule has 0 spiro atoms. The quantitative estimate of drug-likeness (QED) is 0.228. The molecule has 2 aromatic heterocycles. The number of halogens is 7. The second-order valence-corrected chi connectivity index (χ2v) is 9.12. The topological polar surface area (TPSA) is 74.0 Å². The normalized spacial score (nSPS) is 13.5. The number of ether oxygens (including phenoxy) is 1. The minimum Gasteiger partial charge on any atom is -0.476 e. The lowest BCUT2D eigenvalue weighted by Gasteiger charge is -2.11. The van der Waals surface area contributed by atoms with Gasteiger partial charge in [0.05, 0.1) is 23.4 Å². The molecule has 1 saturated carbocycles. The van der Waals surface area contributed by atoms with Gasteiger partial charge < -0.3 is 10.1 Å². The van der Waals surface area contributed by atoms with Crippen LogP contribution in [0.1, 0.15) is 48.0 Å². The molecule has 4 rings (SSSR count). The molecular formula is C24H22ClF6N5O2. The number of aryl methyl sites for hydroxylation is 1. The zero-order valence-corrected chi connectivity index (χ0v) is 20.7. The third-order valence-electron chi connectivity index (χ3n) is 5.76. The Balaban J connectivity index is 1.56. The fourth-order valence-corrected chi connectivity index (χ4v) is 3.91. The number of carbonyl (C=O) groups excluding carboxylic acids is 1. The van der Waals surface area contributed by atoms with E-state index >= 15 is 0 Å². The summed E-state index contributed by atoms with van der Waals surface area (Å²) in [4.78, 5) is 12.5. The Morgan fingerprint density at radius 3 is 2.58 bits per heavy atom. The first-order valence-electron chi connectivity index (χ1n) is 11.6. The SMILES string of the molecule is Cn1nc(OCCCCC(F)=C(F)F)c(C(F)(F)F)c1-n1cc(-c2ccc(Cl)c(C(=O)NC3CC3)c2)cn1. The van der Waals surface area contributed by atoms with Gasteiger partial charge >= 0.3 is 12.3 Å². The number of nitrogens with zero attached hydrogens (tertiary/aromatic N) is 4. The van der Waals surface area contributed by atoms with Gasteiger partial charge in [0.2, 0.25) is 5.88 Å².